The van der Waals surface area contributed by atoms with Gasteiger partial charge in [-0.1, -0.05) is 13.8 Å². The van der Waals surface area contributed by atoms with E-state index in [1.807, 2.05) is 13.8 Å². The van der Waals surface area contributed by atoms with E-state index >= 15 is 0 Å². The fourth-order valence-corrected chi connectivity index (χ4v) is 1.30. The van der Waals surface area contributed by atoms with Gasteiger partial charge in [-0.15, -0.1) is 13.2 Å². The van der Waals surface area contributed by atoms with Gasteiger partial charge in [0, 0.05) is 5.41 Å². The molecule has 0 aromatic heterocycles. The van der Waals surface area contributed by atoms with Gasteiger partial charge in [-0.25, -0.2) is 0 Å². The Morgan fingerprint density at radius 3 is 2.10 bits per heavy atom. The molecule has 4 nitrogen and oxygen atoms in total. The summed E-state index contributed by atoms with van der Waals surface area (Å²) in [5.41, 5.74) is 4.96. The van der Waals surface area contributed by atoms with E-state index < -0.39 is 11.8 Å². The summed E-state index contributed by atoms with van der Waals surface area (Å²) in [6.07, 6.45) is -4.17. The molecule has 0 fully saturated rings. The smallest absolute Gasteiger partial charge is 0.494 e. The lowest BCUT2D eigenvalue weighted by Crippen LogP contribution is -2.32. The molecule has 0 saturated heterocycles. The van der Waals surface area contributed by atoms with Gasteiger partial charge in [-0.3, -0.25) is 5.41 Å². The Morgan fingerprint density at radius 2 is 1.65 bits per heavy atom. The zero-order valence-corrected chi connectivity index (χ0v) is 11.3. The molecule has 0 spiro atoms. The third-order valence-electron chi connectivity index (χ3n) is 2.78. The van der Waals surface area contributed by atoms with E-state index in [1.165, 1.54) is 24.3 Å². The number of hydrogen-bond donors (Lipinski definition) is 2. The lowest BCUT2D eigenvalue weighted by molar-refractivity contribution is -0.274. The van der Waals surface area contributed by atoms with Gasteiger partial charge in [0.2, 0.25) is 0 Å². The molecule has 20 heavy (non-hydrogen) atoms. The Kier molecular flexibility index (Phi) is 4.86. The number of nitrogens with two attached hydrogens (primary N) is 1. The van der Waals surface area contributed by atoms with E-state index in [-0.39, 0.29) is 11.6 Å². The molecule has 0 atom stereocenters. The van der Waals surface area contributed by atoms with Gasteiger partial charge in [-0.2, -0.15) is 0 Å². The summed E-state index contributed by atoms with van der Waals surface area (Å²) in [5.74, 6) is 0.197. The number of alkyl halides is 3. The van der Waals surface area contributed by atoms with Crippen molar-refractivity contribution in [1.82, 2.24) is 0 Å². The van der Waals surface area contributed by atoms with Crippen LogP contribution in [0.25, 0.3) is 0 Å². The lowest BCUT2D eigenvalue weighted by atomic mass is 9.88. The highest BCUT2D eigenvalue weighted by molar-refractivity contribution is 5.82. The summed E-state index contributed by atoms with van der Waals surface area (Å²) in [6.45, 7) is 3.95. The van der Waals surface area contributed by atoms with Crippen molar-refractivity contribution < 1.29 is 22.6 Å². The molecule has 0 aliphatic heterocycles. The Hall–Kier alpha value is -1.92. The number of rotatable bonds is 6. The minimum atomic E-state index is -4.70. The third kappa shape index (κ3) is 5.38. The van der Waals surface area contributed by atoms with Crippen LogP contribution in [0.3, 0.4) is 0 Å². The van der Waals surface area contributed by atoms with Crippen LogP contribution in [0.15, 0.2) is 24.3 Å². The van der Waals surface area contributed by atoms with Crippen molar-refractivity contribution in [2.24, 2.45) is 11.1 Å². The summed E-state index contributed by atoms with van der Waals surface area (Å²) in [6, 6.07) is 5.14. The minimum absolute atomic E-state index is 0.0648. The van der Waals surface area contributed by atoms with E-state index in [9.17, 15) is 13.2 Å². The first-order chi connectivity index (χ1) is 9.10. The Morgan fingerprint density at radius 1 is 1.15 bits per heavy atom. The van der Waals surface area contributed by atoms with Crippen LogP contribution in [0.1, 0.15) is 20.3 Å². The highest BCUT2D eigenvalue weighted by Crippen LogP contribution is 2.25. The number of ether oxygens (including phenoxy) is 2. The van der Waals surface area contributed by atoms with Crippen molar-refractivity contribution in [2.75, 3.05) is 6.61 Å². The van der Waals surface area contributed by atoms with Crippen molar-refractivity contribution in [3.63, 3.8) is 0 Å². The summed E-state index contributed by atoms with van der Waals surface area (Å²) >= 11 is 0. The number of halogens is 3. The van der Waals surface area contributed by atoms with Crippen molar-refractivity contribution in [3.8, 4) is 11.5 Å². The van der Waals surface area contributed by atoms with Crippen molar-refractivity contribution in [2.45, 2.75) is 26.6 Å². The molecule has 0 unspecified atom stereocenters. The largest absolute Gasteiger partial charge is 0.573 e. The third-order valence-corrected chi connectivity index (χ3v) is 2.78. The molecule has 1 aromatic carbocycles. The van der Waals surface area contributed by atoms with E-state index in [0.717, 1.165) is 0 Å². The molecule has 7 heteroatoms. The maximum Gasteiger partial charge on any atom is 0.573 e. The van der Waals surface area contributed by atoms with Gasteiger partial charge in [-0.05, 0) is 30.7 Å². The molecule has 1 aromatic rings. The van der Waals surface area contributed by atoms with Gasteiger partial charge < -0.3 is 15.2 Å². The standard InChI is InChI=1S/C13H17F3N2O2/c1-12(2,11(17)18)7-8-19-9-3-5-10(6-4-9)20-13(14,15)16/h3-6H,7-8H2,1-2H3,(H3,17,18). The predicted molar refractivity (Wildman–Crippen MR) is 68.9 cm³/mol. The highest BCUT2D eigenvalue weighted by atomic mass is 19.4. The molecule has 112 valence electrons. The van der Waals surface area contributed by atoms with Crippen molar-refractivity contribution in [3.05, 3.63) is 24.3 Å². The molecule has 0 radical (unpaired) electrons. The maximum atomic E-state index is 12.0. The molecule has 1 rings (SSSR count). The molecule has 0 aliphatic carbocycles. The average Bonchev–Trinajstić information content (AvgIpc) is 2.29. The molecular formula is C13H17F3N2O2. The second-order valence-electron chi connectivity index (χ2n) is 4.92. The Balaban J connectivity index is 2.48. The maximum absolute atomic E-state index is 12.0. The van der Waals surface area contributed by atoms with E-state index in [2.05, 4.69) is 4.74 Å². The second-order valence-corrected chi connectivity index (χ2v) is 4.92. The van der Waals surface area contributed by atoms with Gasteiger partial charge in [0.05, 0.1) is 12.4 Å². The first-order valence-electron chi connectivity index (χ1n) is 5.93. The minimum Gasteiger partial charge on any atom is -0.494 e. The molecule has 3 N–H and O–H groups in total. The molecular weight excluding hydrogens is 273 g/mol. The zero-order chi connectivity index (χ0) is 15.4. The summed E-state index contributed by atoms with van der Waals surface area (Å²) in [7, 11) is 0. The van der Waals surface area contributed by atoms with E-state index in [1.54, 1.807) is 0 Å². The zero-order valence-electron chi connectivity index (χ0n) is 11.3. The van der Waals surface area contributed by atoms with Gasteiger partial charge in [0.15, 0.2) is 0 Å². The Labute approximate surface area is 115 Å². The average molecular weight is 290 g/mol. The van der Waals surface area contributed by atoms with Crippen LogP contribution in [0.5, 0.6) is 11.5 Å². The summed E-state index contributed by atoms with van der Waals surface area (Å²) in [4.78, 5) is 0. The van der Waals surface area contributed by atoms with Gasteiger partial charge in [0.25, 0.3) is 0 Å². The van der Waals surface area contributed by atoms with Crippen LogP contribution in [0.2, 0.25) is 0 Å². The summed E-state index contributed by atoms with van der Waals surface area (Å²) in [5, 5.41) is 7.39. The molecule has 0 saturated carbocycles. The Bertz CT molecular complexity index is 456. The quantitative estimate of drug-likeness (QED) is 0.624. The van der Waals surface area contributed by atoms with Crippen LogP contribution < -0.4 is 15.2 Å². The van der Waals surface area contributed by atoms with Crippen LogP contribution in [0, 0.1) is 10.8 Å². The monoisotopic (exact) mass is 290 g/mol. The highest BCUT2D eigenvalue weighted by Gasteiger charge is 2.31. The van der Waals surface area contributed by atoms with E-state index in [4.69, 9.17) is 15.9 Å². The molecule has 0 heterocycles. The first-order valence-corrected chi connectivity index (χ1v) is 5.93. The fourth-order valence-electron chi connectivity index (χ4n) is 1.30. The SMILES string of the molecule is CC(C)(CCOc1ccc(OC(F)(F)F)cc1)C(=N)N. The van der Waals surface area contributed by atoms with Crippen LogP contribution in [-0.2, 0) is 0 Å². The number of amidine groups is 1. The van der Waals surface area contributed by atoms with Gasteiger partial charge in [0.1, 0.15) is 11.5 Å². The first kappa shape index (κ1) is 16.1. The normalized spacial score (nSPS) is 12.1. The van der Waals surface area contributed by atoms with Gasteiger partial charge >= 0.3 is 6.36 Å². The second kappa shape index (κ2) is 6.02. The summed E-state index contributed by atoms with van der Waals surface area (Å²) < 4.78 is 45.0. The molecule has 0 amide bonds. The predicted octanol–water partition coefficient (Wildman–Crippen LogP) is 3.32. The molecule has 0 aliphatic rings. The molecule has 0 bridgehead atoms. The fraction of sp³-hybridized carbons (Fsp3) is 0.462. The number of nitrogens with one attached hydrogen (secondary N) is 1. The van der Waals surface area contributed by atoms with Crippen LogP contribution >= 0.6 is 0 Å². The lowest BCUT2D eigenvalue weighted by Gasteiger charge is -2.22. The van der Waals surface area contributed by atoms with Crippen molar-refractivity contribution >= 4 is 5.84 Å². The topological polar surface area (TPSA) is 68.3 Å². The van der Waals surface area contributed by atoms with Crippen molar-refractivity contribution in [1.29, 1.82) is 5.41 Å². The van der Waals surface area contributed by atoms with Crippen LogP contribution in [-0.4, -0.2) is 18.8 Å². The van der Waals surface area contributed by atoms with Crippen LogP contribution in [0.4, 0.5) is 13.2 Å². The number of hydrogen-bond acceptors (Lipinski definition) is 3. The van der Waals surface area contributed by atoms with E-state index in [0.29, 0.717) is 18.8 Å². The number of benzene rings is 1.